The van der Waals surface area contributed by atoms with Crippen molar-refractivity contribution in [2.24, 2.45) is 0 Å². The van der Waals surface area contributed by atoms with Crippen LogP contribution in [0.4, 0.5) is 18.0 Å². The van der Waals surface area contributed by atoms with Gasteiger partial charge in [0, 0.05) is 12.1 Å². The summed E-state index contributed by atoms with van der Waals surface area (Å²) in [6, 6.07) is 11.8. The van der Waals surface area contributed by atoms with Crippen molar-refractivity contribution in [2.45, 2.75) is 26.1 Å². The van der Waals surface area contributed by atoms with E-state index < -0.39 is 11.7 Å². The Kier molecular flexibility index (Phi) is 7.54. The fraction of sp³-hybridized carbons (Fsp3) is 0.318. The number of nitrogens with one attached hydrogen (secondary N) is 1. The number of benzene rings is 2. The van der Waals surface area contributed by atoms with E-state index in [9.17, 15) is 18.0 Å². The predicted molar refractivity (Wildman–Crippen MR) is 106 cm³/mol. The Balaban J connectivity index is 2.00. The zero-order valence-corrected chi connectivity index (χ0v) is 16.5. The van der Waals surface area contributed by atoms with E-state index in [4.69, 9.17) is 4.74 Å². The quantitative estimate of drug-likeness (QED) is 0.724. The summed E-state index contributed by atoms with van der Waals surface area (Å²) in [4.78, 5) is 14.1. The molecular formula is C22H23F3N2O2. The Labute approximate surface area is 168 Å². The molecule has 7 heteroatoms. The second kappa shape index (κ2) is 9.87. The van der Waals surface area contributed by atoms with Gasteiger partial charge in [-0.3, -0.25) is 0 Å². The van der Waals surface area contributed by atoms with Gasteiger partial charge in [-0.1, -0.05) is 30.0 Å². The zero-order valence-electron chi connectivity index (χ0n) is 16.5. The third kappa shape index (κ3) is 6.18. The number of rotatable bonds is 5. The second-order valence-electron chi connectivity index (χ2n) is 6.28. The number of halogens is 3. The van der Waals surface area contributed by atoms with Crippen molar-refractivity contribution < 1.29 is 22.7 Å². The SMILES string of the molecule is CCN(C(=O)NCC#Cc1cccc(C(F)(F)F)c1)C(C)c1cccc(OC)c1. The first-order valence-electron chi connectivity index (χ1n) is 9.10. The van der Waals surface area contributed by atoms with Crippen LogP contribution in [0.15, 0.2) is 48.5 Å². The largest absolute Gasteiger partial charge is 0.497 e. The lowest BCUT2D eigenvalue weighted by atomic mass is 10.1. The van der Waals surface area contributed by atoms with Crippen LogP contribution in [0.5, 0.6) is 5.75 Å². The lowest BCUT2D eigenvalue weighted by Gasteiger charge is -2.28. The highest BCUT2D eigenvalue weighted by Gasteiger charge is 2.30. The highest BCUT2D eigenvalue weighted by Crippen LogP contribution is 2.29. The Hall–Kier alpha value is -3.14. The van der Waals surface area contributed by atoms with Crippen molar-refractivity contribution in [2.75, 3.05) is 20.2 Å². The molecular weight excluding hydrogens is 381 g/mol. The fourth-order valence-corrected chi connectivity index (χ4v) is 2.82. The van der Waals surface area contributed by atoms with Gasteiger partial charge in [-0.25, -0.2) is 4.79 Å². The number of methoxy groups -OCH3 is 1. The number of alkyl halides is 3. The van der Waals surface area contributed by atoms with Gasteiger partial charge in [-0.05, 0) is 49.7 Å². The Morgan fingerprint density at radius 1 is 1.21 bits per heavy atom. The van der Waals surface area contributed by atoms with Crippen LogP contribution in [-0.2, 0) is 6.18 Å². The summed E-state index contributed by atoms with van der Waals surface area (Å²) in [6.45, 7) is 4.28. The van der Waals surface area contributed by atoms with Gasteiger partial charge in [0.2, 0.25) is 0 Å². The molecule has 0 spiro atoms. The van der Waals surface area contributed by atoms with Gasteiger partial charge in [-0.15, -0.1) is 0 Å². The molecule has 1 N–H and O–H groups in total. The van der Waals surface area contributed by atoms with Gasteiger partial charge >= 0.3 is 12.2 Å². The number of urea groups is 1. The minimum absolute atomic E-state index is 0.0242. The van der Waals surface area contributed by atoms with E-state index >= 15 is 0 Å². The molecule has 1 unspecified atom stereocenters. The Morgan fingerprint density at radius 3 is 2.59 bits per heavy atom. The maximum absolute atomic E-state index is 12.7. The van der Waals surface area contributed by atoms with Crippen LogP contribution in [-0.4, -0.2) is 31.1 Å². The molecule has 2 rings (SSSR count). The van der Waals surface area contributed by atoms with Crippen molar-refractivity contribution in [1.29, 1.82) is 0 Å². The molecule has 0 aromatic heterocycles. The van der Waals surface area contributed by atoms with E-state index in [0.29, 0.717) is 12.3 Å². The van der Waals surface area contributed by atoms with Crippen molar-refractivity contribution in [1.82, 2.24) is 10.2 Å². The highest BCUT2D eigenvalue weighted by molar-refractivity contribution is 5.75. The first-order valence-corrected chi connectivity index (χ1v) is 9.10. The van der Waals surface area contributed by atoms with Crippen LogP contribution in [0.1, 0.15) is 36.6 Å². The molecule has 0 aliphatic heterocycles. The lowest BCUT2D eigenvalue weighted by Crippen LogP contribution is -2.41. The van der Waals surface area contributed by atoms with Crippen molar-refractivity contribution in [3.05, 3.63) is 65.2 Å². The summed E-state index contributed by atoms with van der Waals surface area (Å²) >= 11 is 0. The number of nitrogens with zero attached hydrogens (tertiary/aromatic N) is 1. The van der Waals surface area contributed by atoms with Gasteiger partial charge in [0.15, 0.2) is 0 Å². The van der Waals surface area contributed by atoms with Crippen LogP contribution in [0.3, 0.4) is 0 Å². The van der Waals surface area contributed by atoms with Gasteiger partial charge in [0.05, 0.1) is 25.3 Å². The number of carbonyl (C=O) groups is 1. The topological polar surface area (TPSA) is 41.6 Å². The molecule has 0 saturated carbocycles. The first kappa shape index (κ1) is 22.2. The molecule has 0 heterocycles. The molecule has 0 bridgehead atoms. The molecule has 2 amide bonds. The molecule has 1 atom stereocenters. The first-order chi connectivity index (χ1) is 13.8. The smallest absolute Gasteiger partial charge is 0.416 e. The number of hydrogen-bond acceptors (Lipinski definition) is 2. The number of hydrogen-bond donors (Lipinski definition) is 1. The summed E-state index contributed by atoms with van der Waals surface area (Å²) in [5.74, 6) is 6.04. The third-order valence-electron chi connectivity index (χ3n) is 4.40. The Bertz CT molecular complexity index is 901. The molecule has 29 heavy (non-hydrogen) atoms. The van der Waals surface area contributed by atoms with E-state index in [1.54, 1.807) is 12.0 Å². The molecule has 0 fully saturated rings. The van der Waals surface area contributed by atoms with E-state index in [-0.39, 0.29) is 24.2 Å². The number of amides is 2. The Morgan fingerprint density at radius 2 is 1.93 bits per heavy atom. The molecule has 0 radical (unpaired) electrons. The van der Waals surface area contributed by atoms with Crippen LogP contribution in [0.25, 0.3) is 0 Å². The fourth-order valence-electron chi connectivity index (χ4n) is 2.82. The van der Waals surface area contributed by atoms with Gasteiger partial charge in [-0.2, -0.15) is 13.2 Å². The maximum Gasteiger partial charge on any atom is 0.416 e. The van der Waals surface area contributed by atoms with E-state index in [1.165, 1.54) is 12.1 Å². The molecule has 2 aromatic rings. The normalized spacial score (nSPS) is 11.8. The summed E-state index contributed by atoms with van der Waals surface area (Å²) in [7, 11) is 1.58. The monoisotopic (exact) mass is 404 g/mol. The molecule has 2 aromatic carbocycles. The molecule has 0 aliphatic rings. The molecule has 4 nitrogen and oxygen atoms in total. The number of ether oxygens (including phenoxy) is 1. The van der Waals surface area contributed by atoms with E-state index in [0.717, 1.165) is 17.7 Å². The second-order valence-corrected chi connectivity index (χ2v) is 6.28. The zero-order chi connectivity index (χ0) is 21.4. The van der Waals surface area contributed by atoms with Crippen LogP contribution in [0.2, 0.25) is 0 Å². The maximum atomic E-state index is 12.7. The summed E-state index contributed by atoms with van der Waals surface area (Å²) < 4.78 is 43.4. The van der Waals surface area contributed by atoms with E-state index in [2.05, 4.69) is 17.2 Å². The molecule has 154 valence electrons. The molecule has 0 aliphatic carbocycles. The minimum Gasteiger partial charge on any atom is -0.497 e. The van der Waals surface area contributed by atoms with Gasteiger partial charge in [0.1, 0.15) is 5.75 Å². The highest BCUT2D eigenvalue weighted by atomic mass is 19.4. The minimum atomic E-state index is -4.41. The van der Waals surface area contributed by atoms with Crippen LogP contribution in [0, 0.1) is 11.8 Å². The van der Waals surface area contributed by atoms with Crippen LogP contribution >= 0.6 is 0 Å². The summed E-state index contributed by atoms with van der Waals surface area (Å²) in [5, 5.41) is 2.69. The summed E-state index contributed by atoms with van der Waals surface area (Å²) in [5.41, 5.74) is 0.417. The van der Waals surface area contributed by atoms with Crippen LogP contribution < -0.4 is 10.1 Å². The van der Waals surface area contributed by atoms with Crippen molar-refractivity contribution in [3.8, 4) is 17.6 Å². The van der Waals surface area contributed by atoms with E-state index in [1.807, 2.05) is 38.1 Å². The lowest BCUT2D eigenvalue weighted by molar-refractivity contribution is -0.137. The molecule has 0 saturated heterocycles. The third-order valence-corrected chi connectivity index (χ3v) is 4.40. The van der Waals surface area contributed by atoms with Gasteiger partial charge in [0.25, 0.3) is 0 Å². The van der Waals surface area contributed by atoms with Crippen molar-refractivity contribution in [3.63, 3.8) is 0 Å². The van der Waals surface area contributed by atoms with Crippen molar-refractivity contribution >= 4 is 6.03 Å². The average molecular weight is 404 g/mol. The number of carbonyl (C=O) groups excluding carboxylic acids is 1. The summed E-state index contributed by atoms with van der Waals surface area (Å²) in [6.07, 6.45) is -4.41. The predicted octanol–water partition coefficient (Wildman–Crippen LogP) is 4.86. The van der Waals surface area contributed by atoms with Gasteiger partial charge < -0.3 is 15.0 Å². The average Bonchev–Trinajstić information content (AvgIpc) is 2.71. The standard InChI is InChI=1S/C22H23F3N2O2/c1-4-27(16(2)18-10-6-12-20(15-18)29-3)21(28)26-13-7-9-17-8-5-11-19(14-17)22(23,24)25/h5-6,8,10-12,14-16H,4,13H2,1-3H3,(H,26,28).